The van der Waals surface area contributed by atoms with Crippen LogP contribution in [0.25, 0.3) is 0 Å². The number of pyridine rings is 1. The molecule has 0 saturated heterocycles. The molecule has 3 nitrogen and oxygen atoms in total. The molecule has 1 atom stereocenters. The highest BCUT2D eigenvalue weighted by molar-refractivity contribution is 5.42. The van der Waals surface area contributed by atoms with Gasteiger partial charge in [0.25, 0.3) is 0 Å². The van der Waals surface area contributed by atoms with Crippen molar-refractivity contribution in [2.45, 2.75) is 51.6 Å². The Morgan fingerprint density at radius 1 is 1.38 bits per heavy atom. The highest BCUT2D eigenvalue weighted by Crippen LogP contribution is 2.23. The molecule has 2 rings (SSSR count). The molecule has 0 aliphatic heterocycles. The summed E-state index contributed by atoms with van der Waals surface area (Å²) in [6, 6.07) is 4.34. The maximum atomic E-state index is 5.94. The smallest absolute Gasteiger partial charge is 0.126 e. The van der Waals surface area contributed by atoms with E-state index in [0.29, 0.717) is 0 Å². The fourth-order valence-corrected chi connectivity index (χ4v) is 1.93. The number of hydrogen-bond acceptors (Lipinski definition) is 3. The van der Waals surface area contributed by atoms with Crippen LogP contribution < -0.4 is 11.1 Å². The van der Waals surface area contributed by atoms with Crippen LogP contribution in [0, 0.1) is 0 Å². The van der Waals surface area contributed by atoms with Crippen LogP contribution in [0.2, 0.25) is 0 Å². The van der Waals surface area contributed by atoms with Crippen LogP contribution >= 0.6 is 0 Å². The molecule has 16 heavy (non-hydrogen) atoms. The zero-order valence-corrected chi connectivity index (χ0v) is 10.4. The zero-order valence-electron chi connectivity index (χ0n) is 10.4. The molecule has 1 unspecified atom stereocenters. The van der Waals surface area contributed by atoms with E-state index in [4.69, 9.17) is 5.73 Å². The van der Waals surface area contributed by atoms with Crippen LogP contribution in [0.3, 0.4) is 0 Å². The predicted molar refractivity (Wildman–Crippen MR) is 67.6 cm³/mol. The van der Waals surface area contributed by atoms with Gasteiger partial charge in [0, 0.05) is 17.3 Å². The first-order chi connectivity index (χ1) is 7.49. The molecule has 0 saturated carbocycles. The van der Waals surface area contributed by atoms with Gasteiger partial charge in [-0.3, -0.25) is 0 Å². The quantitative estimate of drug-likeness (QED) is 0.818. The highest BCUT2D eigenvalue weighted by atomic mass is 15.1. The van der Waals surface area contributed by atoms with Gasteiger partial charge in [-0.15, -0.1) is 0 Å². The zero-order chi connectivity index (χ0) is 11.8. The molecule has 1 aliphatic rings. The summed E-state index contributed by atoms with van der Waals surface area (Å²) in [7, 11) is 0. The minimum atomic E-state index is -0.125. The van der Waals surface area contributed by atoms with Crippen molar-refractivity contribution in [2.75, 3.05) is 5.32 Å². The standard InChI is InChI=1S/C13H21N3/c1-9(14)13(2,3)16-12-8-7-10-5-4-6-11(10)15-12/h7-9H,4-6,14H2,1-3H3,(H,15,16). The number of hydrogen-bond donors (Lipinski definition) is 2. The van der Waals surface area contributed by atoms with Crippen molar-refractivity contribution in [2.24, 2.45) is 5.73 Å². The largest absolute Gasteiger partial charge is 0.364 e. The summed E-state index contributed by atoms with van der Waals surface area (Å²) in [4.78, 5) is 4.65. The van der Waals surface area contributed by atoms with Crippen LogP contribution in [0.5, 0.6) is 0 Å². The molecule has 0 fully saturated rings. The minimum absolute atomic E-state index is 0.0857. The van der Waals surface area contributed by atoms with E-state index < -0.39 is 0 Å². The molecular formula is C13H21N3. The Balaban J connectivity index is 2.17. The Morgan fingerprint density at radius 3 is 2.81 bits per heavy atom. The minimum Gasteiger partial charge on any atom is -0.364 e. The van der Waals surface area contributed by atoms with Gasteiger partial charge < -0.3 is 11.1 Å². The average molecular weight is 219 g/mol. The van der Waals surface area contributed by atoms with Gasteiger partial charge in [-0.25, -0.2) is 4.98 Å². The van der Waals surface area contributed by atoms with Crippen LogP contribution in [0.1, 0.15) is 38.4 Å². The molecule has 0 aromatic carbocycles. The lowest BCUT2D eigenvalue weighted by Gasteiger charge is -2.31. The van der Waals surface area contributed by atoms with E-state index >= 15 is 0 Å². The second-order valence-electron chi connectivity index (χ2n) is 5.29. The van der Waals surface area contributed by atoms with Gasteiger partial charge in [0.15, 0.2) is 0 Å². The van der Waals surface area contributed by atoms with Gasteiger partial charge in [0.2, 0.25) is 0 Å². The Labute approximate surface area is 97.5 Å². The lowest BCUT2D eigenvalue weighted by Crippen LogP contribution is -2.47. The monoisotopic (exact) mass is 219 g/mol. The molecular weight excluding hydrogens is 198 g/mol. The number of nitrogens with two attached hydrogens (primary N) is 1. The average Bonchev–Trinajstić information content (AvgIpc) is 2.63. The molecule has 0 amide bonds. The van der Waals surface area contributed by atoms with E-state index in [0.717, 1.165) is 12.2 Å². The SMILES string of the molecule is CC(N)C(C)(C)Nc1ccc2c(n1)CCC2. The molecule has 0 bridgehead atoms. The summed E-state index contributed by atoms with van der Waals surface area (Å²) in [6.07, 6.45) is 3.53. The number of aromatic nitrogens is 1. The Kier molecular flexibility index (Phi) is 2.89. The lowest BCUT2D eigenvalue weighted by atomic mass is 9.97. The molecule has 0 spiro atoms. The topological polar surface area (TPSA) is 50.9 Å². The Hall–Kier alpha value is -1.09. The number of aryl methyl sites for hydroxylation is 2. The van der Waals surface area contributed by atoms with Gasteiger partial charge in [0.1, 0.15) is 5.82 Å². The van der Waals surface area contributed by atoms with Crippen LogP contribution in [0.15, 0.2) is 12.1 Å². The first kappa shape index (κ1) is 11.4. The molecule has 1 aromatic rings. The van der Waals surface area contributed by atoms with Crippen molar-refractivity contribution in [1.29, 1.82) is 0 Å². The van der Waals surface area contributed by atoms with Gasteiger partial charge in [-0.2, -0.15) is 0 Å². The van der Waals surface area contributed by atoms with Crippen molar-refractivity contribution < 1.29 is 0 Å². The third-order valence-electron chi connectivity index (χ3n) is 3.52. The third-order valence-corrected chi connectivity index (χ3v) is 3.52. The number of fused-ring (bicyclic) bond motifs is 1. The molecule has 1 heterocycles. The van der Waals surface area contributed by atoms with Crippen LogP contribution in [-0.2, 0) is 12.8 Å². The molecule has 1 aromatic heterocycles. The van der Waals surface area contributed by atoms with E-state index in [1.807, 2.05) is 6.92 Å². The maximum absolute atomic E-state index is 5.94. The molecule has 88 valence electrons. The Morgan fingerprint density at radius 2 is 2.12 bits per heavy atom. The number of nitrogens with one attached hydrogen (secondary N) is 1. The second-order valence-corrected chi connectivity index (χ2v) is 5.29. The fraction of sp³-hybridized carbons (Fsp3) is 0.615. The van der Waals surface area contributed by atoms with Crippen molar-refractivity contribution in [1.82, 2.24) is 4.98 Å². The third kappa shape index (κ3) is 2.19. The van der Waals surface area contributed by atoms with E-state index in [1.165, 1.54) is 24.1 Å². The molecule has 3 N–H and O–H groups in total. The predicted octanol–water partition coefficient (Wildman–Crippen LogP) is 2.11. The number of anilines is 1. The van der Waals surface area contributed by atoms with E-state index in [1.54, 1.807) is 0 Å². The van der Waals surface area contributed by atoms with Crippen molar-refractivity contribution in [3.63, 3.8) is 0 Å². The van der Waals surface area contributed by atoms with Crippen LogP contribution in [0.4, 0.5) is 5.82 Å². The molecule has 1 aliphatic carbocycles. The summed E-state index contributed by atoms with van der Waals surface area (Å²) in [5.41, 5.74) is 8.48. The summed E-state index contributed by atoms with van der Waals surface area (Å²) in [6.45, 7) is 6.22. The first-order valence-electron chi connectivity index (χ1n) is 6.01. The van der Waals surface area contributed by atoms with E-state index in [-0.39, 0.29) is 11.6 Å². The molecule has 0 radical (unpaired) electrons. The molecule has 3 heteroatoms. The van der Waals surface area contributed by atoms with Crippen molar-refractivity contribution >= 4 is 5.82 Å². The summed E-state index contributed by atoms with van der Waals surface area (Å²) in [5, 5.41) is 3.41. The van der Waals surface area contributed by atoms with Gasteiger partial charge >= 0.3 is 0 Å². The van der Waals surface area contributed by atoms with Crippen molar-refractivity contribution in [3.8, 4) is 0 Å². The second kappa shape index (κ2) is 4.06. The summed E-state index contributed by atoms with van der Waals surface area (Å²) in [5.74, 6) is 0.947. The summed E-state index contributed by atoms with van der Waals surface area (Å²) >= 11 is 0. The normalized spacial score (nSPS) is 17.0. The fourth-order valence-electron chi connectivity index (χ4n) is 1.93. The van der Waals surface area contributed by atoms with Gasteiger partial charge in [0.05, 0.1) is 0 Å². The first-order valence-corrected chi connectivity index (χ1v) is 6.01. The van der Waals surface area contributed by atoms with Crippen molar-refractivity contribution in [3.05, 3.63) is 23.4 Å². The van der Waals surface area contributed by atoms with E-state index in [2.05, 4.69) is 36.3 Å². The number of rotatable bonds is 3. The Bertz CT molecular complexity index is 383. The van der Waals surface area contributed by atoms with E-state index in [9.17, 15) is 0 Å². The maximum Gasteiger partial charge on any atom is 0.126 e. The highest BCUT2D eigenvalue weighted by Gasteiger charge is 2.23. The van der Waals surface area contributed by atoms with Gasteiger partial charge in [-0.05, 0) is 51.7 Å². The number of nitrogens with zero attached hydrogens (tertiary/aromatic N) is 1. The van der Waals surface area contributed by atoms with Crippen LogP contribution in [-0.4, -0.2) is 16.6 Å². The van der Waals surface area contributed by atoms with Gasteiger partial charge in [-0.1, -0.05) is 6.07 Å². The lowest BCUT2D eigenvalue weighted by molar-refractivity contribution is 0.469. The summed E-state index contributed by atoms with van der Waals surface area (Å²) < 4.78 is 0.